The average molecular weight is 341 g/mol. The maximum Gasteiger partial charge on any atom is 0.0467 e. The van der Waals surface area contributed by atoms with Crippen LogP contribution in [0.1, 0.15) is 51.3 Å². The van der Waals surface area contributed by atoms with Gasteiger partial charge in [-0.3, -0.25) is 0 Å². The summed E-state index contributed by atoms with van der Waals surface area (Å²) < 4.78 is 0. The van der Waals surface area contributed by atoms with E-state index in [1.54, 1.807) is 0 Å². The number of para-hydroxylation sites is 1. The first-order chi connectivity index (χ1) is 12.3. The molecule has 0 unspecified atom stereocenters. The van der Waals surface area contributed by atoms with Gasteiger partial charge in [-0.1, -0.05) is 89.2 Å². The molecular weight excluding hydrogens is 314 g/mol. The molecule has 0 bridgehead atoms. The van der Waals surface area contributed by atoms with Gasteiger partial charge in [0.15, 0.2) is 0 Å². The first-order valence-corrected chi connectivity index (χ1v) is 9.40. The number of fused-ring (bicyclic) bond motifs is 3. The van der Waals surface area contributed by atoms with Crippen LogP contribution in [0.5, 0.6) is 0 Å². The van der Waals surface area contributed by atoms with E-state index >= 15 is 0 Å². The van der Waals surface area contributed by atoms with Crippen molar-refractivity contribution in [1.29, 1.82) is 0 Å². The molecule has 4 rings (SSSR count). The van der Waals surface area contributed by atoms with E-state index in [-0.39, 0.29) is 10.8 Å². The Morgan fingerprint density at radius 2 is 1.31 bits per heavy atom. The van der Waals surface area contributed by atoms with E-state index in [1.165, 1.54) is 39.2 Å². The van der Waals surface area contributed by atoms with Gasteiger partial charge in [0.2, 0.25) is 0 Å². The summed E-state index contributed by atoms with van der Waals surface area (Å²) in [6, 6.07) is 24.1. The molecule has 3 aromatic carbocycles. The highest BCUT2D eigenvalue weighted by Crippen LogP contribution is 2.51. The second-order valence-corrected chi connectivity index (χ2v) is 8.82. The molecule has 26 heavy (non-hydrogen) atoms. The highest BCUT2D eigenvalue weighted by atomic mass is 14.9. The van der Waals surface area contributed by atoms with Gasteiger partial charge in [-0.25, -0.2) is 0 Å². The summed E-state index contributed by atoms with van der Waals surface area (Å²) in [7, 11) is 0. The van der Waals surface area contributed by atoms with Gasteiger partial charge in [-0.2, -0.15) is 0 Å². The highest BCUT2D eigenvalue weighted by molar-refractivity contribution is 5.91. The molecule has 0 aromatic heterocycles. The second-order valence-electron chi connectivity index (χ2n) is 8.82. The molecule has 0 heterocycles. The topological polar surface area (TPSA) is 12.0 Å². The lowest BCUT2D eigenvalue weighted by molar-refractivity contribution is 0.592. The van der Waals surface area contributed by atoms with Crippen LogP contribution in [0.15, 0.2) is 66.7 Å². The van der Waals surface area contributed by atoms with Gasteiger partial charge < -0.3 is 5.32 Å². The zero-order valence-corrected chi connectivity index (χ0v) is 16.4. The monoisotopic (exact) mass is 341 g/mol. The normalized spacial score (nSPS) is 14.7. The lowest BCUT2D eigenvalue weighted by Gasteiger charge is -2.25. The van der Waals surface area contributed by atoms with Crippen LogP contribution in [0.3, 0.4) is 0 Å². The summed E-state index contributed by atoms with van der Waals surface area (Å²) in [5.74, 6) is 0. The Morgan fingerprint density at radius 3 is 2.08 bits per heavy atom. The first kappa shape index (κ1) is 16.9. The number of benzene rings is 3. The Kier molecular flexibility index (Phi) is 3.73. The fraction of sp³-hybridized carbons (Fsp3) is 0.280. The summed E-state index contributed by atoms with van der Waals surface area (Å²) in [4.78, 5) is 0. The Balaban J connectivity index is 1.88. The van der Waals surface area contributed by atoms with E-state index < -0.39 is 0 Å². The van der Waals surface area contributed by atoms with E-state index in [4.69, 9.17) is 0 Å². The van der Waals surface area contributed by atoms with Crippen molar-refractivity contribution < 1.29 is 0 Å². The summed E-state index contributed by atoms with van der Waals surface area (Å²) in [5, 5.41) is 3.76. The minimum Gasteiger partial charge on any atom is -0.355 e. The zero-order chi connectivity index (χ0) is 18.5. The lowest BCUT2D eigenvalue weighted by atomic mass is 9.82. The van der Waals surface area contributed by atoms with Crippen LogP contribution in [-0.2, 0) is 10.8 Å². The number of rotatable bonds is 2. The predicted molar refractivity (Wildman–Crippen MR) is 112 cm³/mol. The molecule has 0 saturated heterocycles. The summed E-state index contributed by atoms with van der Waals surface area (Å²) in [6.07, 6.45) is 0. The smallest absolute Gasteiger partial charge is 0.0467 e. The summed E-state index contributed by atoms with van der Waals surface area (Å²) >= 11 is 0. The van der Waals surface area contributed by atoms with Crippen molar-refractivity contribution in [2.75, 3.05) is 5.32 Å². The molecule has 0 spiro atoms. The minimum atomic E-state index is 0.0349. The van der Waals surface area contributed by atoms with Crippen molar-refractivity contribution in [1.82, 2.24) is 0 Å². The number of hydrogen-bond acceptors (Lipinski definition) is 1. The zero-order valence-electron chi connectivity index (χ0n) is 16.4. The van der Waals surface area contributed by atoms with Crippen LogP contribution in [0.4, 0.5) is 11.4 Å². The van der Waals surface area contributed by atoms with Crippen LogP contribution in [0.2, 0.25) is 0 Å². The Bertz CT molecular complexity index is 973. The molecule has 1 heteroatoms. The predicted octanol–water partition coefficient (Wildman–Crippen LogP) is 7.03. The van der Waals surface area contributed by atoms with Gasteiger partial charge in [-0.05, 0) is 39.8 Å². The van der Waals surface area contributed by atoms with Gasteiger partial charge in [0.05, 0.1) is 0 Å². The molecule has 0 amide bonds. The Hall–Kier alpha value is -2.54. The Morgan fingerprint density at radius 1 is 0.692 bits per heavy atom. The van der Waals surface area contributed by atoms with Crippen LogP contribution in [0, 0.1) is 0 Å². The molecule has 132 valence electrons. The second kappa shape index (κ2) is 5.74. The van der Waals surface area contributed by atoms with Crippen LogP contribution in [-0.4, -0.2) is 0 Å². The van der Waals surface area contributed by atoms with Gasteiger partial charge in [0.25, 0.3) is 0 Å². The molecule has 0 atom stereocenters. The first-order valence-electron chi connectivity index (χ1n) is 9.40. The molecule has 0 aliphatic heterocycles. The van der Waals surface area contributed by atoms with Crippen molar-refractivity contribution >= 4 is 11.4 Å². The van der Waals surface area contributed by atoms with Crippen molar-refractivity contribution in [2.45, 2.75) is 45.4 Å². The molecule has 0 saturated carbocycles. The molecule has 1 aliphatic carbocycles. The third-order valence-electron chi connectivity index (χ3n) is 5.61. The Labute approximate surface area is 157 Å². The highest BCUT2D eigenvalue weighted by Gasteiger charge is 2.36. The fourth-order valence-electron chi connectivity index (χ4n) is 4.25. The number of hydrogen-bond donors (Lipinski definition) is 1. The van der Waals surface area contributed by atoms with Crippen molar-refractivity contribution in [2.24, 2.45) is 0 Å². The van der Waals surface area contributed by atoms with Gasteiger partial charge >= 0.3 is 0 Å². The summed E-state index contributed by atoms with van der Waals surface area (Å²) in [5.41, 5.74) is 9.35. The fourth-order valence-corrected chi connectivity index (χ4v) is 4.25. The quantitative estimate of drug-likeness (QED) is 0.527. The largest absolute Gasteiger partial charge is 0.355 e. The van der Waals surface area contributed by atoms with E-state index in [2.05, 4.69) is 107 Å². The maximum absolute atomic E-state index is 3.76. The number of nitrogens with one attached hydrogen (secondary N) is 1. The van der Waals surface area contributed by atoms with Gasteiger partial charge in [0.1, 0.15) is 0 Å². The van der Waals surface area contributed by atoms with E-state index in [1.807, 2.05) is 0 Å². The van der Waals surface area contributed by atoms with E-state index in [9.17, 15) is 0 Å². The molecule has 0 fully saturated rings. The molecule has 1 N–H and O–H groups in total. The van der Waals surface area contributed by atoms with Crippen molar-refractivity contribution in [3.05, 3.63) is 83.4 Å². The van der Waals surface area contributed by atoms with Crippen LogP contribution < -0.4 is 5.32 Å². The van der Waals surface area contributed by atoms with Crippen molar-refractivity contribution in [3.63, 3.8) is 0 Å². The molecule has 0 radical (unpaired) electrons. The average Bonchev–Trinajstić information content (AvgIpc) is 2.84. The third-order valence-corrected chi connectivity index (χ3v) is 5.61. The van der Waals surface area contributed by atoms with Gasteiger partial charge in [-0.15, -0.1) is 0 Å². The van der Waals surface area contributed by atoms with E-state index in [0.717, 1.165) is 0 Å². The van der Waals surface area contributed by atoms with Crippen molar-refractivity contribution in [3.8, 4) is 11.1 Å². The standard InChI is InChI=1S/C25H27N/c1-24(2,3)19-13-8-9-15-21(19)26-22-16-10-14-20-23(22)17-11-6-7-12-18(17)25(20,4)5/h6-16,26H,1-5H3. The molecule has 1 aliphatic rings. The van der Waals surface area contributed by atoms with E-state index in [0.29, 0.717) is 0 Å². The van der Waals surface area contributed by atoms with Crippen LogP contribution >= 0.6 is 0 Å². The lowest BCUT2D eigenvalue weighted by Crippen LogP contribution is -2.15. The molecule has 3 aromatic rings. The molecule has 1 nitrogen and oxygen atoms in total. The SMILES string of the molecule is CC(C)(C)c1ccccc1Nc1cccc2c1-c1ccccc1C2(C)C. The third kappa shape index (κ3) is 2.54. The summed E-state index contributed by atoms with van der Waals surface area (Å²) in [6.45, 7) is 11.4. The number of anilines is 2. The maximum atomic E-state index is 3.76. The molecular formula is C25H27N. The van der Waals surface area contributed by atoms with Gasteiger partial charge in [0, 0.05) is 22.4 Å². The minimum absolute atomic E-state index is 0.0349. The van der Waals surface area contributed by atoms with Crippen LogP contribution in [0.25, 0.3) is 11.1 Å².